The molecule has 1 aliphatic heterocycles. The zero-order valence-electron chi connectivity index (χ0n) is 17.8. The highest BCUT2D eigenvalue weighted by atomic mass is 16.3. The highest BCUT2D eigenvalue weighted by Gasteiger charge is 2.54. The molecule has 2 aliphatic rings. The van der Waals surface area contributed by atoms with Crippen LogP contribution in [0.5, 0.6) is 0 Å². The third-order valence-corrected chi connectivity index (χ3v) is 7.65. The Morgan fingerprint density at radius 2 is 1.75 bits per heavy atom. The number of nitrogens with zero attached hydrogens (tertiary/aromatic N) is 1. The van der Waals surface area contributed by atoms with Crippen molar-refractivity contribution in [3.63, 3.8) is 0 Å². The molecule has 1 saturated carbocycles. The van der Waals surface area contributed by atoms with Crippen LogP contribution in [-0.2, 0) is 0 Å². The summed E-state index contributed by atoms with van der Waals surface area (Å²) in [7, 11) is 0. The number of aryl methyl sites for hydroxylation is 1. The summed E-state index contributed by atoms with van der Waals surface area (Å²) >= 11 is 0. The van der Waals surface area contributed by atoms with Gasteiger partial charge in [-0.15, -0.1) is 0 Å². The molecule has 1 spiro atoms. The first-order valence-electron chi connectivity index (χ1n) is 11.2. The fourth-order valence-electron chi connectivity index (χ4n) is 6.76. The molecular formula is C26H33NO. The van der Waals surface area contributed by atoms with E-state index in [0.29, 0.717) is 11.5 Å². The Labute approximate surface area is 168 Å². The third-order valence-electron chi connectivity index (χ3n) is 7.65. The van der Waals surface area contributed by atoms with Crippen molar-refractivity contribution in [3.05, 3.63) is 42.0 Å². The molecule has 0 radical (unpaired) electrons. The van der Waals surface area contributed by atoms with Crippen LogP contribution < -0.4 is 4.90 Å². The molecule has 2 fully saturated rings. The van der Waals surface area contributed by atoms with E-state index in [0.717, 1.165) is 11.2 Å². The lowest BCUT2D eigenvalue weighted by Gasteiger charge is -2.43. The second kappa shape index (κ2) is 6.27. The molecule has 2 nitrogen and oxygen atoms in total. The van der Waals surface area contributed by atoms with Crippen molar-refractivity contribution in [2.24, 2.45) is 5.41 Å². The maximum atomic E-state index is 6.15. The first kappa shape index (κ1) is 18.1. The lowest BCUT2D eigenvalue weighted by atomic mass is 9.67. The van der Waals surface area contributed by atoms with Crippen molar-refractivity contribution in [2.45, 2.75) is 84.2 Å². The van der Waals surface area contributed by atoms with Gasteiger partial charge in [0.25, 0.3) is 0 Å². The summed E-state index contributed by atoms with van der Waals surface area (Å²) in [5.41, 5.74) is 5.45. The topological polar surface area (TPSA) is 16.4 Å². The second-order valence-corrected chi connectivity index (χ2v) is 9.94. The van der Waals surface area contributed by atoms with Gasteiger partial charge in [-0.05, 0) is 75.6 Å². The Balaban J connectivity index is 1.69. The van der Waals surface area contributed by atoms with Crippen LogP contribution in [0.3, 0.4) is 0 Å². The lowest BCUT2D eigenvalue weighted by Crippen LogP contribution is -2.45. The van der Waals surface area contributed by atoms with Crippen LogP contribution in [0.25, 0.3) is 21.9 Å². The van der Waals surface area contributed by atoms with Gasteiger partial charge in [-0.3, -0.25) is 0 Å². The molecule has 3 aromatic rings. The van der Waals surface area contributed by atoms with E-state index in [2.05, 4.69) is 69.0 Å². The van der Waals surface area contributed by atoms with E-state index in [1.807, 2.05) is 0 Å². The summed E-state index contributed by atoms with van der Waals surface area (Å²) in [5.74, 6) is 0. The van der Waals surface area contributed by atoms with Crippen LogP contribution in [0.4, 0.5) is 5.69 Å². The molecule has 1 aromatic heterocycles. The number of benzene rings is 2. The van der Waals surface area contributed by atoms with Crippen LogP contribution in [0.1, 0.15) is 71.3 Å². The molecule has 0 bridgehead atoms. The molecule has 1 atom stereocenters. The summed E-state index contributed by atoms with van der Waals surface area (Å²) in [4.78, 5) is 2.80. The molecular weight excluding hydrogens is 342 g/mol. The molecule has 1 saturated heterocycles. The van der Waals surface area contributed by atoms with Gasteiger partial charge in [-0.25, -0.2) is 0 Å². The molecule has 148 valence electrons. The number of para-hydroxylation sites is 1. The molecule has 5 rings (SSSR count). The van der Waals surface area contributed by atoms with Gasteiger partial charge >= 0.3 is 0 Å². The number of fused-ring (bicyclic) bond motifs is 3. The van der Waals surface area contributed by atoms with E-state index in [9.17, 15) is 0 Å². The van der Waals surface area contributed by atoms with Crippen LogP contribution in [0, 0.1) is 12.3 Å². The van der Waals surface area contributed by atoms with Gasteiger partial charge in [0.2, 0.25) is 0 Å². The molecule has 2 heterocycles. The molecule has 2 heteroatoms. The Hall–Kier alpha value is -1.96. The van der Waals surface area contributed by atoms with Crippen molar-refractivity contribution >= 4 is 27.6 Å². The summed E-state index contributed by atoms with van der Waals surface area (Å²) in [6.45, 7) is 9.60. The SMILES string of the molecule is CCC1N(c2cc3c(cc2C)oc2ccccc23)C(C)(C)CC12CCCCC2. The normalized spacial score (nSPS) is 23.9. The van der Waals surface area contributed by atoms with Crippen molar-refractivity contribution in [3.8, 4) is 0 Å². The highest BCUT2D eigenvalue weighted by molar-refractivity contribution is 6.06. The van der Waals surface area contributed by atoms with Crippen molar-refractivity contribution in [1.82, 2.24) is 0 Å². The molecule has 1 aliphatic carbocycles. The van der Waals surface area contributed by atoms with E-state index in [4.69, 9.17) is 4.42 Å². The zero-order valence-corrected chi connectivity index (χ0v) is 17.8. The van der Waals surface area contributed by atoms with E-state index < -0.39 is 0 Å². The first-order valence-corrected chi connectivity index (χ1v) is 11.2. The van der Waals surface area contributed by atoms with Crippen LogP contribution in [-0.4, -0.2) is 11.6 Å². The number of anilines is 1. The van der Waals surface area contributed by atoms with Crippen LogP contribution >= 0.6 is 0 Å². The largest absolute Gasteiger partial charge is 0.456 e. The standard InChI is InChI=1S/C26H33NO/c1-5-24-26(13-9-6-10-14-26)17-25(3,4)27(24)21-16-20-19-11-7-8-12-22(19)28-23(20)15-18(21)2/h7-8,11-12,15-16,24H,5-6,9-10,13-14,17H2,1-4H3. The summed E-state index contributed by atoms with van der Waals surface area (Å²) in [5, 5.41) is 2.49. The Morgan fingerprint density at radius 1 is 1.00 bits per heavy atom. The molecule has 1 unspecified atom stereocenters. The predicted molar refractivity (Wildman–Crippen MR) is 119 cm³/mol. The molecule has 2 aromatic carbocycles. The average Bonchev–Trinajstić information content (AvgIpc) is 3.12. The Morgan fingerprint density at radius 3 is 2.50 bits per heavy atom. The predicted octanol–water partition coefficient (Wildman–Crippen LogP) is 7.61. The molecule has 0 N–H and O–H groups in total. The van der Waals surface area contributed by atoms with Crippen molar-refractivity contribution in [2.75, 3.05) is 4.90 Å². The smallest absolute Gasteiger partial charge is 0.135 e. The fourth-order valence-corrected chi connectivity index (χ4v) is 6.76. The minimum absolute atomic E-state index is 0.190. The maximum Gasteiger partial charge on any atom is 0.135 e. The quantitative estimate of drug-likeness (QED) is 0.458. The monoisotopic (exact) mass is 375 g/mol. The molecule has 28 heavy (non-hydrogen) atoms. The minimum atomic E-state index is 0.190. The van der Waals surface area contributed by atoms with Gasteiger partial charge in [0.1, 0.15) is 11.2 Å². The number of hydrogen-bond donors (Lipinski definition) is 0. The van der Waals surface area contributed by atoms with E-state index in [1.54, 1.807) is 0 Å². The average molecular weight is 376 g/mol. The summed E-state index contributed by atoms with van der Waals surface area (Å²) in [6, 6.07) is 13.8. The second-order valence-electron chi connectivity index (χ2n) is 9.94. The van der Waals surface area contributed by atoms with Crippen molar-refractivity contribution < 1.29 is 4.42 Å². The zero-order chi connectivity index (χ0) is 19.5. The lowest BCUT2D eigenvalue weighted by molar-refractivity contribution is 0.161. The van der Waals surface area contributed by atoms with Gasteiger partial charge in [0.05, 0.1) is 0 Å². The molecule has 0 amide bonds. The third kappa shape index (κ3) is 2.53. The van der Waals surface area contributed by atoms with E-state index >= 15 is 0 Å². The van der Waals surface area contributed by atoms with E-state index in [-0.39, 0.29) is 5.54 Å². The van der Waals surface area contributed by atoms with Crippen LogP contribution in [0.15, 0.2) is 40.8 Å². The number of furan rings is 1. The van der Waals surface area contributed by atoms with Crippen molar-refractivity contribution in [1.29, 1.82) is 0 Å². The van der Waals surface area contributed by atoms with Gasteiger partial charge in [0, 0.05) is 28.0 Å². The van der Waals surface area contributed by atoms with Gasteiger partial charge in [0.15, 0.2) is 0 Å². The maximum absolute atomic E-state index is 6.15. The summed E-state index contributed by atoms with van der Waals surface area (Å²) in [6.07, 6.45) is 9.60. The van der Waals surface area contributed by atoms with E-state index in [1.165, 1.54) is 67.0 Å². The number of hydrogen-bond acceptors (Lipinski definition) is 2. The first-order chi connectivity index (χ1) is 13.5. The van der Waals surface area contributed by atoms with Gasteiger partial charge in [-0.2, -0.15) is 0 Å². The van der Waals surface area contributed by atoms with Gasteiger partial charge in [-0.1, -0.05) is 44.4 Å². The Kier molecular flexibility index (Phi) is 4.05. The minimum Gasteiger partial charge on any atom is -0.456 e. The number of rotatable bonds is 2. The Bertz CT molecular complexity index is 1020. The highest BCUT2D eigenvalue weighted by Crippen LogP contribution is 2.57. The summed E-state index contributed by atoms with van der Waals surface area (Å²) < 4.78 is 6.15. The van der Waals surface area contributed by atoms with Gasteiger partial charge < -0.3 is 9.32 Å². The fraction of sp³-hybridized carbons (Fsp3) is 0.538. The van der Waals surface area contributed by atoms with Crippen LogP contribution in [0.2, 0.25) is 0 Å².